The molecular formula is C32H32N2O6. The Bertz CT molecular complexity index is 1330. The van der Waals surface area contributed by atoms with E-state index in [1.165, 1.54) is 0 Å². The van der Waals surface area contributed by atoms with Gasteiger partial charge in [-0.2, -0.15) is 0 Å². The Balaban J connectivity index is 1.60. The number of anilines is 2. The van der Waals surface area contributed by atoms with Gasteiger partial charge in [0.1, 0.15) is 11.5 Å². The highest BCUT2D eigenvalue weighted by Gasteiger charge is 2.19. The lowest BCUT2D eigenvalue weighted by atomic mass is 10.0. The molecule has 0 saturated heterocycles. The zero-order valence-corrected chi connectivity index (χ0v) is 22.3. The predicted molar refractivity (Wildman–Crippen MR) is 155 cm³/mol. The molecule has 0 amide bonds. The Kier molecular flexibility index (Phi) is 9.25. The maximum Gasteiger partial charge on any atom is 0.305 e. The minimum Gasteiger partial charge on any atom is -0.495 e. The molecule has 4 rings (SSSR count). The standard InChI is InChI=1S/C32H32N2O6/c1-39-29-17-23(13-15-25(29)33-27(19-31(35)36)21-9-5-3-6-10-21)24-14-16-26(30(18-24)40-2)34-28(20-32(37)38)22-11-7-4-8-12-22/h3-18,27-28,33-34H,19-20H2,1-2H3,(H,35,36)(H,37,38). The summed E-state index contributed by atoms with van der Waals surface area (Å²) in [4.78, 5) is 23.1. The normalized spacial score (nSPS) is 12.2. The summed E-state index contributed by atoms with van der Waals surface area (Å²) in [5.41, 5.74) is 4.80. The summed E-state index contributed by atoms with van der Waals surface area (Å²) >= 11 is 0. The smallest absolute Gasteiger partial charge is 0.305 e. The van der Waals surface area contributed by atoms with Gasteiger partial charge in [0.25, 0.3) is 0 Å². The molecule has 0 spiro atoms. The second kappa shape index (κ2) is 13.2. The van der Waals surface area contributed by atoms with Crippen LogP contribution < -0.4 is 20.1 Å². The molecule has 0 saturated carbocycles. The third-order valence-electron chi connectivity index (χ3n) is 6.56. The molecule has 0 fully saturated rings. The van der Waals surface area contributed by atoms with E-state index in [2.05, 4.69) is 10.6 Å². The number of hydrogen-bond acceptors (Lipinski definition) is 6. The van der Waals surface area contributed by atoms with Crippen LogP contribution in [-0.4, -0.2) is 36.4 Å². The first-order chi connectivity index (χ1) is 19.4. The number of aliphatic carboxylic acids is 2. The van der Waals surface area contributed by atoms with Gasteiger partial charge in [0.05, 0.1) is 50.5 Å². The summed E-state index contributed by atoms with van der Waals surface area (Å²) in [6, 6.07) is 29.3. The Labute approximate surface area is 233 Å². The van der Waals surface area contributed by atoms with Gasteiger partial charge in [-0.05, 0) is 46.5 Å². The number of benzene rings is 4. The number of rotatable bonds is 13. The third kappa shape index (κ3) is 7.11. The zero-order chi connectivity index (χ0) is 28.5. The average Bonchev–Trinajstić information content (AvgIpc) is 2.97. The number of ether oxygens (including phenoxy) is 2. The number of nitrogens with one attached hydrogen (secondary N) is 2. The van der Waals surface area contributed by atoms with E-state index in [1.807, 2.05) is 97.1 Å². The number of hydrogen-bond donors (Lipinski definition) is 4. The van der Waals surface area contributed by atoms with Crippen LogP contribution in [0.2, 0.25) is 0 Å². The minimum atomic E-state index is -0.907. The molecule has 40 heavy (non-hydrogen) atoms. The molecule has 0 radical (unpaired) electrons. The first-order valence-electron chi connectivity index (χ1n) is 12.8. The zero-order valence-electron chi connectivity index (χ0n) is 22.3. The summed E-state index contributed by atoms with van der Waals surface area (Å²) in [7, 11) is 3.14. The summed E-state index contributed by atoms with van der Waals surface area (Å²) in [6.07, 6.45) is -0.182. The van der Waals surface area contributed by atoms with Gasteiger partial charge >= 0.3 is 11.9 Å². The first kappa shape index (κ1) is 28.0. The van der Waals surface area contributed by atoms with E-state index in [-0.39, 0.29) is 12.8 Å². The number of carboxylic acids is 2. The lowest BCUT2D eigenvalue weighted by Gasteiger charge is -2.22. The maximum absolute atomic E-state index is 11.5. The maximum atomic E-state index is 11.5. The van der Waals surface area contributed by atoms with Crippen LogP contribution in [-0.2, 0) is 9.59 Å². The summed E-state index contributed by atoms with van der Waals surface area (Å²) in [5, 5.41) is 25.6. The molecule has 4 N–H and O–H groups in total. The SMILES string of the molecule is COc1cc(-c2ccc(NC(CC(=O)O)c3ccccc3)c(OC)c2)ccc1NC(CC(=O)O)c1ccccc1. The largest absolute Gasteiger partial charge is 0.495 e. The minimum absolute atomic E-state index is 0.0908. The molecule has 0 bridgehead atoms. The van der Waals surface area contributed by atoms with Gasteiger partial charge in [0.15, 0.2) is 0 Å². The van der Waals surface area contributed by atoms with Crippen molar-refractivity contribution >= 4 is 23.3 Å². The van der Waals surface area contributed by atoms with E-state index in [1.54, 1.807) is 14.2 Å². The fourth-order valence-corrected chi connectivity index (χ4v) is 4.58. The molecule has 2 atom stereocenters. The Hall–Kier alpha value is -4.98. The highest BCUT2D eigenvalue weighted by atomic mass is 16.5. The van der Waals surface area contributed by atoms with E-state index in [0.717, 1.165) is 22.3 Å². The molecule has 8 heteroatoms. The molecule has 0 aromatic heterocycles. The summed E-state index contributed by atoms with van der Waals surface area (Å²) < 4.78 is 11.3. The number of methoxy groups -OCH3 is 2. The van der Waals surface area contributed by atoms with Crippen molar-refractivity contribution in [3.8, 4) is 22.6 Å². The second-order valence-corrected chi connectivity index (χ2v) is 9.24. The van der Waals surface area contributed by atoms with E-state index < -0.39 is 24.0 Å². The molecule has 8 nitrogen and oxygen atoms in total. The van der Waals surface area contributed by atoms with Gasteiger partial charge in [0, 0.05) is 0 Å². The fourth-order valence-electron chi connectivity index (χ4n) is 4.58. The molecule has 4 aromatic rings. The molecule has 0 aliphatic carbocycles. The van der Waals surface area contributed by atoms with Crippen LogP contribution >= 0.6 is 0 Å². The summed E-state index contributed by atoms with van der Waals surface area (Å²) in [5.74, 6) is -0.683. The molecule has 0 heterocycles. The van der Waals surface area contributed by atoms with Gasteiger partial charge in [-0.1, -0.05) is 72.8 Å². The first-order valence-corrected chi connectivity index (χ1v) is 12.8. The van der Waals surface area contributed by atoms with Crippen molar-refractivity contribution in [2.45, 2.75) is 24.9 Å². The monoisotopic (exact) mass is 540 g/mol. The Morgan fingerprint density at radius 2 is 1.00 bits per heavy atom. The van der Waals surface area contributed by atoms with Crippen LogP contribution in [0.5, 0.6) is 11.5 Å². The third-order valence-corrected chi connectivity index (χ3v) is 6.56. The van der Waals surface area contributed by atoms with Gasteiger partial charge in [-0.3, -0.25) is 9.59 Å². The van der Waals surface area contributed by atoms with E-state index in [0.29, 0.717) is 22.9 Å². The lowest BCUT2D eigenvalue weighted by Crippen LogP contribution is -2.16. The van der Waals surface area contributed by atoms with Gasteiger partial charge in [-0.15, -0.1) is 0 Å². The Morgan fingerprint density at radius 3 is 1.32 bits per heavy atom. The van der Waals surface area contributed by atoms with Crippen molar-refractivity contribution in [2.24, 2.45) is 0 Å². The highest BCUT2D eigenvalue weighted by Crippen LogP contribution is 2.37. The predicted octanol–water partition coefficient (Wildman–Crippen LogP) is 6.63. The van der Waals surface area contributed by atoms with Crippen molar-refractivity contribution in [1.82, 2.24) is 0 Å². The molecule has 2 unspecified atom stereocenters. The molecule has 0 aliphatic heterocycles. The molecule has 206 valence electrons. The van der Waals surface area contributed by atoms with Crippen molar-refractivity contribution in [3.05, 3.63) is 108 Å². The highest BCUT2D eigenvalue weighted by molar-refractivity contribution is 5.76. The lowest BCUT2D eigenvalue weighted by molar-refractivity contribution is -0.138. The van der Waals surface area contributed by atoms with Crippen LogP contribution in [0.15, 0.2) is 97.1 Å². The van der Waals surface area contributed by atoms with Crippen molar-refractivity contribution in [1.29, 1.82) is 0 Å². The van der Waals surface area contributed by atoms with Crippen molar-refractivity contribution in [3.63, 3.8) is 0 Å². The van der Waals surface area contributed by atoms with Crippen LogP contribution in [0.3, 0.4) is 0 Å². The molecular weight excluding hydrogens is 508 g/mol. The molecule has 4 aromatic carbocycles. The number of carbonyl (C=O) groups is 2. The molecule has 0 aliphatic rings. The van der Waals surface area contributed by atoms with Crippen LogP contribution in [0.25, 0.3) is 11.1 Å². The Morgan fingerprint density at radius 1 is 0.625 bits per heavy atom. The van der Waals surface area contributed by atoms with Crippen LogP contribution in [0, 0.1) is 0 Å². The fraction of sp³-hybridized carbons (Fsp3) is 0.188. The number of carboxylic acid groups (broad SMARTS) is 2. The topological polar surface area (TPSA) is 117 Å². The second-order valence-electron chi connectivity index (χ2n) is 9.24. The van der Waals surface area contributed by atoms with Crippen molar-refractivity contribution < 1.29 is 29.3 Å². The van der Waals surface area contributed by atoms with E-state index in [4.69, 9.17) is 9.47 Å². The quantitative estimate of drug-likeness (QED) is 0.149. The summed E-state index contributed by atoms with van der Waals surface area (Å²) in [6.45, 7) is 0. The van der Waals surface area contributed by atoms with Gasteiger partial charge in [-0.25, -0.2) is 0 Å². The van der Waals surface area contributed by atoms with E-state index >= 15 is 0 Å². The average molecular weight is 541 g/mol. The van der Waals surface area contributed by atoms with E-state index in [9.17, 15) is 19.8 Å². The van der Waals surface area contributed by atoms with Crippen LogP contribution in [0.4, 0.5) is 11.4 Å². The van der Waals surface area contributed by atoms with Gasteiger partial charge < -0.3 is 30.3 Å². The van der Waals surface area contributed by atoms with Crippen LogP contribution in [0.1, 0.15) is 36.1 Å². The van der Waals surface area contributed by atoms with Gasteiger partial charge in [0.2, 0.25) is 0 Å². The van der Waals surface area contributed by atoms with Crippen molar-refractivity contribution in [2.75, 3.05) is 24.9 Å².